The first-order chi connectivity index (χ1) is 12.8. The second-order valence-electron chi connectivity index (χ2n) is 5.81. The van der Waals surface area contributed by atoms with Gasteiger partial charge in [0.25, 0.3) is 5.69 Å². The number of rotatable bonds is 8. The minimum absolute atomic E-state index is 0.00629. The van der Waals surface area contributed by atoms with Gasteiger partial charge in [-0.05, 0) is 43.3 Å². The molecule has 0 unspecified atom stereocenters. The molecule has 142 valence electrons. The molecule has 0 radical (unpaired) electrons. The van der Waals surface area contributed by atoms with E-state index < -0.39 is 17.5 Å². The van der Waals surface area contributed by atoms with Crippen molar-refractivity contribution in [2.24, 2.45) is 0 Å². The lowest BCUT2D eigenvalue weighted by Gasteiger charge is -2.13. The quantitative estimate of drug-likeness (QED) is 0.304. The van der Waals surface area contributed by atoms with Gasteiger partial charge in [-0.15, -0.1) is 0 Å². The highest BCUT2D eigenvalue weighted by Gasteiger charge is 2.20. The number of ketones is 1. The van der Waals surface area contributed by atoms with E-state index in [-0.39, 0.29) is 17.0 Å². The Labute approximate surface area is 156 Å². The zero-order valence-corrected chi connectivity index (χ0v) is 15.3. The number of benzene rings is 2. The number of anilines is 1. The highest BCUT2D eigenvalue weighted by Crippen LogP contribution is 2.28. The van der Waals surface area contributed by atoms with Gasteiger partial charge in [0.1, 0.15) is 11.4 Å². The molecule has 0 aromatic heterocycles. The van der Waals surface area contributed by atoms with E-state index in [0.717, 1.165) is 6.07 Å². The fourth-order valence-corrected chi connectivity index (χ4v) is 2.38. The van der Waals surface area contributed by atoms with E-state index in [2.05, 4.69) is 0 Å². The van der Waals surface area contributed by atoms with Crippen molar-refractivity contribution in [3.63, 3.8) is 0 Å². The van der Waals surface area contributed by atoms with Gasteiger partial charge >= 0.3 is 5.97 Å². The van der Waals surface area contributed by atoms with Crippen LogP contribution >= 0.6 is 0 Å². The number of carbonyl (C=O) groups is 2. The van der Waals surface area contributed by atoms with E-state index in [0.29, 0.717) is 23.6 Å². The van der Waals surface area contributed by atoms with Gasteiger partial charge in [0.2, 0.25) is 0 Å². The molecule has 0 bridgehead atoms. The second-order valence-corrected chi connectivity index (χ2v) is 5.81. The standard InChI is InChI=1S/C19H20N2O6/c1-4-26-15-8-5-13(6-9-15)18(22)12-27-19(23)14-7-10-16(20(2)3)17(11-14)21(24)25/h5-11H,4,12H2,1-3H3. The van der Waals surface area contributed by atoms with Crippen molar-refractivity contribution < 1.29 is 24.0 Å². The van der Waals surface area contributed by atoms with Gasteiger partial charge in [0.15, 0.2) is 12.4 Å². The molecule has 8 nitrogen and oxygen atoms in total. The average molecular weight is 372 g/mol. The summed E-state index contributed by atoms with van der Waals surface area (Å²) in [6.45, 7) is 1.91. The number of nitro benzene ring substituents is 1. The molecule has 2 aromatic rings. The van der Waals surface area contributed by atoms with Crippen LogP contribution < -0.4 is 9.64 Å². The van der Waals surface area contributed by atoms with Crippen LogP contribution in [0.25, 0.3) is 0 Å². The first-order valence-corrected chi connectivity index (χ1v) is 8.22. The van der Waals surface area contributed by atoms with Crippen molar-refractivity contribution in [1.82, 2.24) is 0 Å². The topological polar surface area (TPSA) is 99.0 Å². The third kappa shape index (κ3) is 5.04. The van der Waals surface area contributed by atoms with Crippen LogP contribution in [0.5, 0.6) is 5.75 Å². The Balaban J connectivity index is 2.05. The lowest BCUT2D eigenvalue weighted by molar-refractivity contribution is -0.384. The number of nitro groups is 1. The van der Waals surface area contributed by atoms with Crippen LogP contribution in [-0.4, -0.2) is 44.0 Å². The minimum Gasteiger partial charge on any atom is -0.494 e. The van der Waals surface area contributed by atoms with Crippen LogP contribution in [0, 0.1) is 10.1 Å². The van der Waals surface area contributed by atoms with E-state index in [4.69, 9.17) is 9.47 Å². The van der Waals surface area contributed by atoms with Crippen molar-refractivity contribution in [2.45, 2.75) is 6.92 Å². The number of esters is 1. The summed E-state index contributed by atoms with van der Waals surface area (Å²) in [6.07, 6.45) is 0. The van der Waals surface area contributed by atoms with Crippen LogP contribution in [0.15, 0.2) is 42.5 Å². The zero-order valence-electron chi connectivity index (χ0n) is 15.3. The summed E-state index contributed by atoms with van der Waals surface area (Å²) in [5, 5.41) is 11.2. The molecule has 2 rings (SSSR count). The maximum Gasteiger partial charge on any atom is 0.338 e. The van der Waals surface area contributed by atoms with Gasteiger partial charge < -0.3 is 14.4 Å². The van der Waals surface area contributed by atoms with Crippen LogP contribution in [0.2, 0.25) is 0 Å². The predicted octanol–water partition coefficient (Wildman–Crippen LogP) is 3.10. The third-order valence-corrected chi connectivity index (χ3v) is 3.71. The van der Waals surface area contributed by atoms with Crippen LogP contribution in [-0.2, 0) is 4.74 Å². The van der Waals surface area contributed by atoms with Crippen LogP contribution in [0.3, 0.4) is 0 Å². The molecule has 2 aromatic carbocycles. The molecule has 0 N–H and O–H groups in total. The van der Waals surface area contributed by atoms with Gasteiger partial charge in [-0.25, -0.2) is 4.79 Å². The largest absolute Gasteiger partial charge is 0.494 e. The molecular weight excluding hydrogens is 352 g/mol. The number of nitrogens with zero attached hydrogens (tertiary/aromatic N) is 2. The molecule has 0 saturated carbocycles. The van der Waals surface area contributed by atoms with Gasteiger partial charge in [-0.2, -0.15) is 0 Å². The first-order valence-electron chi connectivity index (χ1n) is 8.22. The number of hydrogen-bond donors (Lipinski definition) is 0. The molecule has 27 heavy (non-hydrogen) atoms. The molecule has 0 aliphatic carbocycles. The average Bonchev–Trinajstić information content (AvgIpc) is 2.66. The predicted molar refractivity (Wildman–Crippen MR) is 99.6 cm³/mol. The summed E-state index contributed by atoms with van der Waals surface area (Å²) in [4.78, 5) is 36.5. The molecular formula is C19H20N2O6. The maximum atomic E-state index is 12.1. The summed E-state index contributed by atoms with van der Waals surface area (Å²) < 4.78 is 10.3. The Hall–Kier alpha value is -3.42. The fraction of sp³-hybridized carbons (Fsp3) is 0.263. The van der Waals surface area contributed by atoms with Crippen molar-refractivity contribution in [2.75, 3.05) is 32.2 Å². The molecule has 0 atom stereocenters. The summed E-state index contributed by atoms with van der Waals surface area (Å²) >= 11 is 0. The molecule has 0 saturated heterocycles. The van der Waals surface area contributed by atoms with E-state index in [1.54, 1.807) is 43.3 Å². The van der Waals surface area contributed by atoms with Crippen LogP contribution in [0.1, 0.15) is 27.6 Å². The van der Waals surface area contributed by atoms with Crippen molar-refractivity contribution in [3.8, 4) is 5.75 Å². The molecule has 0 amide bonds. The lowest BCUT2D eigenvalue weighted by atomic mass is 10.1. The maximum absolute atomic E-state index is 12.1. The summed E-state index contributed by atoms with van der Waals surface area (Å²) in [6, 6.07) is 10.5. The van der Waals surface area contributed by atoms with Crippen molar-refractivity contribution in [1.29, 1.82) is 0 Å². The first kappa shape index (κ1) is 19.9. The molecule has 0 heterocycles. The smallest absolute Gasteiger partial charge is 0.338 e. The van der Waals surface area contributed by atoms with Gasteiger partial charge in [0.05, 0.1) is 17.1 Å². The number of hydrogen-bond acceptors (Lipinski definition) is 7. The summed E-state index contributed by atoms with van der Waals surface area (Å²) in [7, 11) is 3.33. The molecule has 8 heteroatoms. The van der Waals surface area contributed by atoms with E-state index in [9.17, 15) is 19.7 Å². The molecule has 0 aliphatic heterocycles. The van der Waals surface area contributed by atoms with Crippen molar-refractivity contribution >= 4 is 23.1 Å². The highest BCUT2D eigenvalue weighted by atomic mass is 16.6. The fourth-order valence-electron chi connectivity index (χ4n) is 2.38. The number of ether oxygens (including phenoxy) is 2. The third-order valence-electron chi connectivity index (χ3n) is 3.71. The zero-order chi connectivity index (χ0) is 20.0. The Kier molecular flexibility index (Phi) is 6.48. The molecule has 0 fully saturated rings. The monoisotopic (exact) mass is 372 g/mol. The second kappa shape index (κ2) is 8.79. The van der Waals surface area contributed by atoms with E-state index >= 15 is 0 Å². The molecule has 0 aliphatic rings. The number of carbonyl (C=O) groups excluding carboxylic acids is 2. The van der Waals surface area contributed by atoms with Crippen LogP contribution in [0.4, 0.5) is 11.4 Å². The number of Topliss-reactive ketones (excluding diaryl/α,β-unsaturated/α-hetero) is 1. The van der Waals surface area contributed by atoms with Crippen molar-refractivity contribution in [3.05, 3.63) is 63.7 Å². The Bertz CT molecular complexity index is 846. The normalized spacial score (nSPS) is 10.2. The van der Waals surface area contributed by atoms with Gasteiger partial charge in [-0.1, -0.05) is 0 Å². The molecule has 0 spiro atoms. The Morgan fingerprint density at radius 1 is 1.07 bits per heavy atom. The SMILES string of the molecule is CCOc1ccc(C(=O)COC(=O)c2ccc(N(C)C)c([N+](=O)[O-])c2)cc1. The Morgan fingerprint density at radius 3 is 2.26 bits per heavy atom. The lowest BCUT2D eigenvalue weighted by Crippen LogP contribution is -2.15. The minimum atomic E-state index is -0.803. The Morgan fingerprint density at radius 2 is 1.70 bits per heavy atom. The van der Waals surface area contributed by atoms with Gasteiger partial charge in [0, 0.05) is 25.7 Å². The van der Waals surface area contributed by atoms with Gasteiger partial charge in [-0.3, -0.25) is 14.9 Å². The summed E-state index contributed by atoms with van der Waals surface area (Å²) in [5.41, 5.74) is 0.529. The summed E-state index contributed by atoms with van der Waals surface area (Å²) in [5.74, 6) is -0.548. The van der Waals surface area contributed by atoms with E-state index in [1.807, 2.05) is 6.92 Å². The van der Waals surface area contributed by atoms with E-state index in [1.165, 1.54) is 12.1 Å². The highest BCUT2D eigenvalue weighted by molar-refractivity contribution is 5.99.